The smallest absolute Gasteiger partial charge is 0.407 e. The van der Waals surface area contributed by atoms with Gasteiger partial charge in [0.25, 0.3) is 0 Å². The molecule has 3 N–H and O–H groups in total. The highest BCUT2D eigenvalue weighted by Gasteiger charge is 2.40. The summed E-state index contributed by atoms with van der Waals surface area (Å²) < 4.78 is 64.8. The van der Waals surface area contributed by atoms with Crippen molar-refractivity contribution in [2.24, 2.45) is 10.8 Å². The predicted octanol–water partition coefficient (Wildman–Crippen LogP) is 6.90. The molecule has 1 aliphatic heterocycles. The van der Waals surface area contributed by atoms with Gasteiger partial charge in [-0.15, -0.1) is 34.3 Å². The zero-order chi connectivity index (χ0) is 37.8. The van der Waals surface area contributed by atoms with Crippen LogP contribution in [0.25, 0.3) is 0 Å². The van der Waals surface area contributed by atoms with E-state index < -0.39 is 49.5 Å². The van der Waals surface area contributed by atoms with E-state index >= 15 is 0 Å². The van der Waals surface area contributed by atoms with Crippen molar-refractivity contribution in [2.75, 3.05) is 13.1 Å². The van der Waals surface area contributed by atoms with Gasteiger partial charge in [0.1, 0.15) is 11.2 Å². The van der Waals surface area contributed by atoms with Crippen molar-refractivity contribution in [2.45, 2.75) is 129 Å². The Morgan fingerprint density at radius 2 is 1.35 bits per heavy atom. The minimum Gasteiger partial charge on any atom is -0.444 e. The molecule has 0 bridgehead atoms. The molecule has 0 saturated heterocycles. The second kappa shape index (κ2) is 16.2. The summed E-state index contributed by atoms with van der Waals surface area (Å²) in [5.74, 6) is 0.132. The highest BCUT2D eigenvalue weighted by Crippen LogP contribution is 2.35. The summed E-state index contributed by atoms with van der Waals surface area (Å²) in [6.07, 6.45) is -1.11. The molecule has 2 amide bonds. The number of halogens is 1. The van der Waals surface area contributed by atoms with E-state index in [1.54, 1.807) is 58.4 Å². The first-order valence-corrected chi connectivity index (χ1v) is 21.0. The first-order valence-electron chi connectivity index (χ1n) is 15.7. The highest BCUT2D eigenvalue weighted by atomic mass is 35.5. The summed E-state index contributed by atoms with van der Waals surface area (Å²) >= 11 is 8.52. The van der Waals surface area contributed by atoms with Crippen molar-refractivity contribution >= 4 is 66.5 Å². The molecule has 0 fully saturated rings. The Morgan fingerprint density at radius 3 is 1.80 bits per heavy atom. The van der Waals surface area contributed by atoms with Gasteiger partial charge in [0.15, 0.2) is 0 Å². The second-order valence-electron chi connectivity index (χ2n) is 15.8. The number of nitrogens with zero attached hydrogens (tertiary/aromatic N) is 1. The van der Waals surface area contributed by atoms with Gasteiger partial charge < -0.3 is 20.1 Å². The van der Waals surface area contributed by atoms with Crippen molar-refractivity contribution in [3.63, 3.8) is 0 Å². The molecule has 2 aromatic rings. The third-order valence-corrected chi connectivity index (χ3v) is 13.0. The second-order valence-corrected chi connectivity index (χ2v) is 21.7. The number of sulfonamides is 2. The Bertz CT molecular complexity index is 1640. The van der Waals surface area contributed by atoms with Crippen molar-refractivity contribution in [3.8, 4) is 0 Å². The lowest BCUT2D eigenvalue weighted by Crippen LogP contribution is -2.51. The maximum absolute atomic E-state index is 12.6. The third-order valence-electron chi connectivity index (χ3n) is 7.09. The first-order chi connectivity index (χ1) is 22.1. The Morgan fingerprint density at radius 1 is 0.857 bits per heavy atom. The maximum Gasteiger partial charge on any atom is 0.407 e. The fourth-order valence-corrected chi connectivity index (χ4v) is 10.0. The summed E-state index contributed by atoms with van der Waals surface area (Å²) in [5.41, 5.74) is -1.92. The Labute approximate surface area is 305 Å². The molecule has 17 heteroatoms. The molecule has 0 unspecified atom stereocenters. The number of amides is 2. The number of nitrogens with one attached hydrogen (secondary N) is 3. The number of thiophene rings is 2. The van der Waals surface area contributed by atoms with Gasteiger partial charge in [-0.25, -0.2) is 31.1 Å². The lowest BCUT2D eigenvalue weighted by atomic mass is 9.86. The SMILES string of the molecule is CC(C)(C)OC(=O)N[C@H](CN1Cc2sccc2S1(=O)=O)C(C)(C)C.CC(C)(C)OC(=O)N[C@H](CNS(=O)(=O)c1ccsc1CCl)C(C)(C)C. The summed E-state index contributed by atoms with van der Waals surface area (Å²) in [7, 11) is -7.18. The number of alkyl carbamates (subject to hydrolysis) is 2. The van der Waals surface area contributed by atoms with E-state index in [-0.39, 0.29) is 40.7 Å². The summed E-state index contributed by atoms with van der Waals surface area (Å²) in [6, 6.07) is 2.35. The molecule has 2 atom stereocenters. The quantitative estimate of drug-likeness (QED) is 0.232. The molecular formula is C32H53ClN4O8S4. The Balaban J connectivity index is 0.000000340. The standard InChI is InChI=1S/C16H27ClN2O4S2.C16H26N2O4S2/c1-15(2,3)13(19-14(20)23-16(4,5)6)10-18-25(21,22)12-7-8-24-11(12)9-17;1-15(2,3)13(17-14(19)22-16(4,5)6)10-18-9-11-12(7-8-23-11)24(18,20)21/h7-8,13,18H,9-10H2,1-6H3,(H,19,20);7-8,13H,9-10H2,1-6H3,(H,17,19)/t2*13-/m11/s1. The van der Waals surface area contributed by atoms with Gasteiger partial charge in [0.2, 0.25) is 20.0 Å². The number of ether oxygens (including phenoxy) is 2. The molecule has 1 aliphatic rings. The van der Waals surface area contributed by atoms with E-state index in [0.717, 1.165) is 4.88 Å². The lowest BCUT2D eigenvalue weighted by molar-refractivity contribution is 0.0447. The van der Waals surface area contributed by atoms with E-state index in [2.05, 4.69) is 15.4 Å². The largest absolute Gasteiger partial charge is 0.444 e. The molecule has 0 saturated carbocycles. The lowest BCUT2D eigenvalue weighted by Gasteiger charge is -2.34. The van der Waals surface area contributed by atoms with E-state index in [9.17, 15) is 26.4 Å². The summed E-state index contributed by atoms with van der Waals surface area (Å²) in [5, 5.41) is 9.06. The molecule has 0 aromatic carbocycles. The summed E-state index contributed by atoms with van der Waals surface area (Å²) in [4.78, 5) is 26.2. The number of rotatable bonds is 9. The molecule has 12 nitrogen and oxygen atoms in total. The van der Waals surface area contributed by atoms with Gasteiger partial charge in [-0.05, 0) is 75.3 Å². The van der Waals surface area contributed by atoms with Crippen LogP contribution in [-0.2, 0) is 41.9 Å². The fraction of sp³-hybridized carbons (Fsp3) is 0.688. The molecule has 0 spiro atoms. The minimum absolute atomic E-state index is 0.0443. The predicted molar refractivity (Wildman–Crippen MR) is 196 cm³/mol. The van der Waals surface area contributed by atoms with Crippen LogP contribution in [0, 0.1) is 10.8 Å². The van der Waals surface area contributed by atoms with Crippen LogP contribution in [0.4, 0.5) is 9.59 Å². The van der Waals surface area contributed by atoms with Gasteiger partial charge in [0.05, 0.1) is 27.8 Å². The number of alkyl halides is 1. The number of carbonyl (C=O) groups is 2. The average Bonchev–Trinajstić information content (AvgIpc) is 3.61. The number of hydrogen-bond acceptors (Lipinski definition) is 10. The molecular weight excluding hydrogens is 732 g/mol. The molecule has 2 aromatic heterocycles. The summed E-state index contributed by atoms with van der Waals surface area (Å²) in [6.45, 7) is 22.9. The van der Waals surface area contributed by atoms with Crippen LogP contribution >= 0.6 is 34.3 Å². The normalized spacial score (nSPS) is 16.5. The monoisotopic (exact) mass is 784 g/mol. The highest BCUT2D eigenvalue weighted by molar-refractivity contribution is 7.90. The first kappa shape index (κ1) is 43.2. The number of fused-ring (bicyclic) bond motifs is 1. The van der Waals surface area contributed by atoms with Crippen molar-refractivity contribution in [1.82, 2.24) is 19.7 Å². The minimum atomic E-state index is -3.70. The zero-order valence-corrected chi connectivity index (χ0v) is 34.5. The van der Waals surface area contributed by atoms with E-state index in [4.69, 9.17) is 21.1 Å². The van der Waals surface area contributed by atoms with Crippen LogP contribution < -0.4 is 15.4 Å². The maximum atomic E-state index is 12.6. The van der Waals surface area contributed by atoms with Gasteiger partial charge >= 0.3 is 12.2 Å². The topological polar surface area (TPSA) is 160 Å². The van der Waals surface area contributed by atoms with Gasteiger partial charge in [-0.3, -0.25) is 0 Å². The van der Waals surface area contributed by atoms with Crippen LogP contribution in [0.1, 0.15) is 92.8 Å². The van der Waals surface area contributed by atoms with Gasteiger partial charge in [-0.1, -0.05) is 41.5 Å². The molecule has 0 aliphatic carbocycles. The average molecular weight is 786 g/mol. The van der Waals surface area contributed by atoms with Gasteiger partial charge in [-0.2, -0.15) is 4.31 Å². The molecule has 3 heterocycles. The van der Waals surface area contributed by atoms with Crippen LogP contribution in [0.5, 0.6) is 0 Å². The van der Waals surface area contributed by atoms with E-state index in [0.29, 0.717) is 16.3 Å². The Kier molecular flexibility index (Phi) is 14.3. The molecule has 280 valence electrons. The van der Waals surface area contributed by atoms with Crippen molar-refractivity contribution in [1.29, 1.82) is 0 Å². The number of hydrogen-bond donors (Lipinski definition) is 3. The number of carbonyl (C=O) groups excluding carboxylic acids is 2. The fourth-order valence-electron chi connectivity index (χ4n) is 4.37. The van der Waals surface area contributed by atoms with Crippen LogP contribution in [0.15, 0.2) is 32.7 Å². The molecule has 0 radical (unpaired) electrons. The third kappa shape index (κ3) is 13.3. The van der Waals surface area contributed by atoms with Gasteiger partial charge in [0, 0.05) is 29.4 Å². The van der Waals surface area contributed by atoms with E-state index in [1.807, 2.05) is 41.5 Å². The molecule has 49 heavy (non-hydrogen) atoms. The zero-order valence-electron chi connectivity index (χ0n) is 30.5. The van der Waals surface area contributed by atoms with Crippen LogP contribution in [-0.4, -0.2) is 69.7 Å². The van der Waals surface area contributed by atoms with Crippen molar-refractivity contribution < 1.29 is 35.9 Å². The van der Waals surface area contributed by atoms with Crippen LogP contribution in [0.2, 0.25) is 0 Å². The Hall–Kier alpha value is -1.95. The van der Waals surface area contributed by atoms with E-state index in [1.165, 1.54) is 33.0 Å². The van der Waals surface area contributed by atoms with Crippen LogP contribution in [0.3, 0.4) is 0 Å². The van der Waals surface area contributed by atoms with Crippen molar-refractivity contribution in [3.05, 3.63) is 32.6 Å². The molecule has 3 rings (SSSR count).